The average Bonchev–Trinajstić information content (AvgIpc) is 2.56. The lowest BCUT2D eigenvalue weighted by molar-refractivity contribution is -0.124. The van der Waals surface area contributed by atoms with E-state index in [-0.39, 0.29) is 27.2 Å². The van der Waals surface area contributed by atoms with Gasteiger partial charge in [-0.25, -0.2) is 8.42 Å². The summed E-state index contributed by atoms with van der Waals surface area (Å²) in [5, 5.41) is 0.360. The maximum atomic E-state index is 13.0. The quantitative estimate of drug-likeness (QED) is 0.876. The molecule has 0 bridgehead atoms. The second-order valence-electron chi connectivity index (χ2n) is 5.09. The van der Waals surface area contributed by atoms with Crippen molar-refractivity contribution in [1.29, 1.82) is 0 Å². The zero-order chi connectivity index (χ0) is 17.5. The van der Waals surface area contributed by atoms with E-state index >= 15 is 0 Å². The van der Waals surface area contributed by atoms with E-state index in [1.165, 1.54) is 18.2 Å². The van der Waals surface area contributed by atoms with Gasteiger partial charge in [-0.05, 0) is 30.3 Å². The first-order valence-electron chi connectivity index (χ1n) is 6.83. The van der Waals surface area contributed by atoms with Crippen LogP contribution in [0.2, 0.25) is 10.0 Å². The second kappa shape index (κ2) is 6.16. The normalized spacial score (nSPS) is 17.1. The van der Waals surface area contributed by atoms with E-state index in [0.29, 0.717) is 5.69 Å². The summed E-state index contributed by atoms with van der Waals surface area (Å²) in [5.41, 5.74) is 5.61. The van der Waals surface area contributed by atoms with Gasteiger partial charge in [-0.3, -0.25) is 9.10 Å². The molecule has 2 aromatic rings. The molecule has 1 aliphatic rings. The molecule has 126 valence electrons. The summed E-state index contributed by atoms with van der Waals surface area (Å²) in [6.45, 7) is -0.227. The van der Waals surface area contributed by atoms with Crippen molar-refractivity contribution >= 4 is 44.8 Å². The first kappa shape index (κ1) is 16.9. The fraction of sp³-hybridized carbons (Fsp3) is 0.133. The number of nitrogens with zero attached hydrogens (tertiary/aromatic N) is 1. The number of nitrogens with two attached hydrogens (primary N) is 1. The molecule has 0 aromatic heterocycles. The zero-order valence-electron chi connectivity index (χ0n) is 12.1. The Hall–Kier alpha value is -1.96. The van der Waals surface area contributed by atoms with Crippen LogP contribution in [0.1, 0.15) is 0 Å². The van der Waals surface area contributed by atoms with Crippen molar-refractivity contribution in [2.75, 3.05) is 10.8 Å². The van der Waals surface area contributed by atoms with Gasteiger partial charge in [0.1, 0.15) is 5.75 Å². The van der Waals surface area contributed by atoms with Crippen molar-refractivity contribution in [2.45, 2.75) is 11.0 Å². The van der Waals surface area contributed by atoms with Crippen LogP contribution in [0.4, 0.5) is 5.69 Å². The summed E-state index contributed by atoms with van der Waals surface area (Å²) < 4.78 is 32.6. The summed E-state index contributed by atoms with van der Waals surface area (Å²) in [6, 6.07) is 10.5. The molecule has 0 saturated carbocycles. The highest BCUT2D eigenvalue weighted by molar-refractivity contribution is 7.92. The van der Waals surface area contributed by atoms with Gasteiger partial charge in [0.15, 0.2) is 6.10 Å². The molecule has 1 heterocycles. The summed E-state index contributed by atoms with van der Waals surface area (Å²) in [4.78, 5) is 11.5. The maximum Gasteiger partial charge on any atom is 0.264 e. The minimum Gasteiger partial charge on any atom is -0.476 e. The SMILES string of the molecule is NC(=O)[C@H]1CN(S(=O)(=O)c2ccc(Cl)c(Cl)c2)c2ccccc2O1. The number of carbonyl (C=O) groups excluding carboxylic acids is 1. The van der Waals surface area contributed by atoms with Crippen molar-refractivity contribution in [3.63, 3.8) is 0 Å². The molecule has 2 aromatic carbocycles. The van der Waals surface area contributed by atoms with Crippen molar-refractivity contribution < 1.29 is 17.9 Å². The van der Waals surface area contributed by atoms with Gasteiger partial charge < -0.3 is 10.5 Å². The monoisotopic (exact) mass is 386 g/mol. The van der Waals surface area contributed by atoms with E-state index in [2.05, 4.69) is 0 Å². The lowest BCUT2D eigenvalue weighted by Gasteiger charge is -2.34. The second-order valence-corrected chi connectivity index (χ2v) is 7.77. The number of para-hydroxylation sites is 2. The van der Waals surface area contributed by atoms with Crippen LogP contribution >= 0.6 is 23.2 Å². The molecule has 0 aliphatic carbocycles. The van der Waals surface area contributed by atoms with E-state index in [1.807, 2.05) is 0 Å². The van der Waals surface area contributed by atoms with Crippen molar-refractivity contribution in [1.82, 2.24) is 0 Å². The minimum atomic E-state index is -3.98. The van der Waals surface area contributed by atoms with Gasteiger partial charge in [0.25, 0.3) is 15.9 Å². The predicted octanol–water partition coefficient (Wildman–Crippen LogP) is 2.44. The van der Waals surface area contributed by atoms with Gasteiger partial charge in [0, 0.05) is 0 Å². The molecule has 2 N–H and O–H groups in total. The van der Waals surface area contributed by atoms with E-state index in [1.54, 1.807) is 24.3 Å². The third-order valence-electron chi connectivity index (χ3n) is 3.53. The molecule has 1 aliphatic heterocycles. The Balaban J connectivity index is 2.12. The van der Waals surface area contributed by atoms with Crippen LogP contribution in [0.25, 0.3) is 0 Å². The molecule has 0 radical (unpaired) electrons. The number of amides is 1. The molecular weight excluding hydrogens is 375 g/mol. The van der Waals surface area contributed by atoms with E-state index in [0.717, 1.165) is 4.31 Å². The molecular formula is C15H12Cl2N2O4S. The Kier molecular flexibility index (Phi) is 4.33. The number of carbonyl (C=O) groups is 1. The minimum absolute atomic E-state index is 0.0446. The Labute approximate surface area is 148 Å². The van der Waals surface area contributed by atoms with Crippen LogP contribution in [-0.2, 0) is 14.8 Å². The number of ether oxygens (including phenoxy) is 1. The maximum absolute atomic E-state index is 13.0. The van der Waals surface area contributed by atoms with Gasteiger partial charge >= 0.3 is 0 Å². The van der Waals surface area contributed by atoms with Crippen molar-refractivity contribution in [3.05, 3.63) is 52.5 Å². The van der Waals surface area contributed by atoms with Gasteiger partial charge in [-0.15, -0.1) is 0 Å². The van der Waals surface area contributed by atoms with Crippen LogP contribution in [0.15, 0.2) is 47.4 Å². The highest BCUT2D eigenvalue weighted by Gasteiger charge is 2.36. The topological polar surface area (TPSA) is 89.7 Å². The number of hydrogen-bond donors (Lipinski definition) is 1. The highest BCUT2D eigenvalue weighted by atomic mass is 35.5. The molecule has 0 spiro atoms. The molecule has 24 heavy (non-hydrogen) atoms. The molecule has 0 saturated heterocycles. The van der Waals surface area contributed by atoms with E-state index in [9.17, 15) is 13.2 Å². The predicted molar refractivity (Wildman–Crippen MR) is 91.0 cm³/mol. The molecule has 0 unspecified atom stereocenters. The number of sulfonamides is 1. The lowest BCUT2D eigenvalue weighted by Crippen LogP contribution is -2.49. The number of halogens is 2. The largest absolute Gasteiger partial charge is 0.476 e. The molecule has 1 amide bonds. The first-order valence-corrected chi connectivity index (χ1v) is 9.03. The van der Waals surface area contributed by atoms with Gasteiger partial charge in [-0.2, -0.15) is 0 Å². The van der Waals surface area contributed by atoms with Crippen molar-refractivity contribution in [3.8, 4) is 5.75 Å². The fourth-order valence-corrected chi connectivity index (χ4v) is 4.21. The number of hydrogen-bond acceptors (Lipinski definition) is 4. The number of fused-ring (bicyclic) bond motifs is 1. The first-order chi connectivity index (χ1) is 11.3. The summed E-state index contributed by atoms with van der Waals surface area (Å²) in [7, 11) is -3.98. The fourth-order valence-electron chi connectivity index (χ4n) is 2.34. The number of benzene rings is 2. The average molecular weight is 387 g/mol. The van der Waals surface area contributed by atoms with Crippen LogP contribution in [0.5, 0.6) is 5.75 Å². The summed E-state index contributed by atoms with van der Waals surface area (Å²) in [6.07, 6.45) is -1.09. The molecule has 6 nitrogen and oxygen atoms in total. The Morgan fingerprint density at radius 1 is 1.17 bits per heavy atom. The van der Waals surface area contributed by atoms with E-state index in [4.69, 9.17) is 33.7 Å². The summed E-state index contributed by atoms with van der Waals surface area (Å²) >= 11 is 11.8. The third-order valence-corrected chi connectivity index (χ3v) is 6.05. The molecule has 9 heteroatoms. The van der Waals surface area contributed by atoms with Gasteiger partial charge in [-0.1, -0.05) is 35.3 Å². The molecule has 3 rings (SSSR count). The number of rotatable bonds is 3. The van der Waals surface area contributed by atoms with Crippen LogP contribution in [0.3, 0.4) is 0 Å². The molecule has 1 atom stereocenters. The van der Waals surface area contributed by atoms with Gasteiger partial charge in [0.2, 0.25) is 0 Å². The highest BCUT2D eigenvalue weighted by Crippen LogP contribution is 2.37. The van der Waals surface area contributed by atoms with Crippen LogP contribution in [-0.4, -0.2) is 27.0 Å². The van der Waals surface area contributed by atoms with Crippen molar-refractivity contribution in [2.24, 2.45) is 5.73 Å². The van der Waals surface area contributed by atoms with Crippen LogP contribution < -0.4 is 14.8 Å². The third kappa shape index (κ3) is 2.90. The Morgan fingerprint density at radius 2 is 1.88 bits per heavy atom. The zero-order valence-corrected chi connectivity index (χ0v) is 14.5. The number of anilines is 1. The summed E-state index contributed by atoms with van der Waals surface area (Å²) in [5.74, 6) is -0.491. The molecule has 0 fully saturated rings. The number of primary amides is 1. The lowest BCUT2D eigenvalue weighted by atomic mass is 10.2. The van der Waals surface area contributed by atoms with Gasteiger partial charge in [0.05, 0.1) is 27.2 Å². The Morgan fingerprint density at radius 3 is 2.54 bits per heavy atom. The van der Waals surface area contributed by atoms with Crippen LogP contribution in [0, 0.1) is 0 Å². The standard InChI is InChI=1S/C15H12Cl2N2O4S/c16-10-6-5-9(7-11(10)17)24(21,22)19-8-14(15(18)20)23-13-4-2-1-3-12(13)19/h1-7,14H,8H2,(H2,18,20)/t14-/m1/s1. The Bertz CT molecular complexity index is 917. The van der Waals surface area contributed by atoms with E-state index < -0.39 is 22.0 Å². The smallest absolute Gasteiger partial charge is 0.264 e.